The third-order valence-electron chi connectivity index (χ3n) is 3.87. The Kier molecular flexibility index (Phi) is 4.77. The molecule has 3 aromatic carbocycles. The van der Waals surface area contributed by atoms with E-state index in [4.69, 9.17) is 15.7 Å². The van der Waals surface area contributed by atoms with E-state index in [0.717, 1.165) is 16.3 Å². The Morgan fingerprint density at radius 3 is 2.56 bits per heavy atom. The van der Waals surface area contributed by atoms with Crippen LogP contribution in [0.25, 0.3) is 16.8 Å². The van der Waals surface area contributed by atoms with Crippen molar-refractivity contribution in [3.63, 3.8) is 0 Å². The quantitative estimate of drug-likeness (QED) is 0.571. The summed E-state index contributed by atoms with van der Waals surface area (Å²) < 4.78 is 5.95. The maximum Gasteiger partial charge on any atom is 0.259 e. The molecule has 122 valence electrons. The Labute approximate surface area is 145 Å². The molecule has 0 aromatic heterocycles. The van der Waals surface area contributed by atoms with Crippen LogP contribution >= 0.6 is 0 Å². The van der Waals surface area contributed by atoms with Crippen LogP contribution in [-0.4, -0.2) is 5.91 Å². The van der Waals surface area contributed by atoms with Gasteiger partial charge in [0.2, 0.25) is 0 Å². The number of para-hydroxylation sites is 1. The smallest absolute Gasteiger partial charge is 0.259 e. The molecule has 0 aliphatic heterocycles. The van der Waals surface area contributed by atoms with Gasteiger partial charge in [-0.1, -0.05) is 60.7 Å². The summed E-state index contributed by atoms with van der Waals surface area (Å²) in [5, 5.41) is 11.3. The average Bonchev–Trinajstić information content (AvgIpc) is 2.65. The zero-order valence-corrected chi connectivity index (χ0v) is 13.5. The first kappa shape index (κ1) is 16.3. The summed E-state index contributed by atoms with van der Waals surface area (Å²) in [6, 6.07) is 23.2. The zero-order chi connectivity index (χ0) is 17.6. The van der Waals surface area contributed by atoms with Gasteiger partial charge >= 0.3 is 0 Å². The van der Waals surface area contributed by atoms with E-state index in [1.54, 1.807) is 18.2 Å². The molecule has 3 rings (SSSR count). The van der Waals surface area contributed by atoms with Crippen molar-refractivity contribution < 1.29 is 9.53 Å². The molecule has 1 amide bonds. The highest BCUT2D eigenvalue weighted by atomic mass is 16.5. The number of nitrogens with zero attached hydrogens (tertiary/aromatic N) is 1. The monoisotopic (exact) mass is 328 g/mol. The maximum atomic E-state index is 11.3. The van der Waals surface area contributed by atoms with Gasteiger partial charge in [-0.25, -0.2) is 0 Å². The van der Waals surface area contributed by atoms with Crippen molar-refractivity contribution in [2.75, 3.05) is 0 Å². The molecule has 0 unspecified atom stereocenters. The minimum absolute atomic E-state index is 0.110. The van der Waals surface area contributed by atoms with Crippen molar-refractivity contribution >= 4 is 22.8 Å². The first-order valence-corrected chi connectivity index (χ1v) is 7.79. The fourth-order valence-electron chi connectivity index (χ4n) is 2.62. The van der Waals surface area contributed by atoms with E-state index in [0.29, 0.717) is 17.9 Å². The Balaban J connectivity index is 1.89. The molecule has 4 nitrogen and oxygen atoms in total. The van der Waals surface area contributed by atoms with Crippen LogP contribution in [0.1, 0.15) is 11.1 Å². The fourth-order valence-corrected chi connectivity index (χ4v) is 2.62. The van der Waals surface area contributed by atoms with Gasteiger partial charge in [-0.15, -0.1) is 0 Å². The summed E-state index contributed by atoms with van der Waals surface area (Å²) >= 11 is 0. The second kappa shape index (κ2) is 7.33. The minimum atomic E-state index is -0.758. The van der Waals surface area contributed by atoms with Crippen LogP contribution in [0.3, 0.4) is 0 Å². The molecular formula is C21H16N2O2. The fraction of sp³-hybridized carbons (Fsp3) is 0.0476. The van der Waals surface area contributed by atoms with Crippen LogP contribution in [0.5, 0.6) is 5.75 Å². The van der Waals surface area contributed by atoms with Crippen molar-refractivity contribution in [3.8, 4) is 11.8 Å². The lowest BCUT2D eigenvalue weighted by Crippen LogP contribution is -2.12. The number of benzene rings is 3. The van der Waals surface area contributed by atoms with Gasteiger partial charge < -0.3 is 10.5 Å². The summed E-state index contributed by atoms with van der Waals surface area (Å²) in [6.07, 6.45) is 1.45. The summed E-state index contributed by atoms with van der Waals surface area (Å²) in [6.45, 7) is 0.380. The normalized spacial score (nSPS) is 11.1. The highest BCUT2D eigenvalue weighted by Gasteiger charge is 2.08. The summed E-state index contributed by atoms with van der Waals surface area (Å²) in [7, 11) is 0. The standard InChI is InChI=1S/C21H16N2O2/c22-13-18(21(23)24)12-16-7-2-4-11-20(16)25-14-17-9-5-8-15-6-1-3-10-19(15)17/h1-12H,14H2,(H2,23,24)/b18-12-. The molecule has 25 heavy (non-hydrogen) atoms. The Bertz CT molecular complexity index is 995. The molecule has 0 aliphatic carbocycles. The maximum absolute atomic E-state index is 11.3. The Hall–Kier alpha value is -3.58. The van der Waals surface area contributed by atoms with Crippen molar-refractivity contribution in [1.29, 1.82) is 5.26 Å². The van der Waals surface area contributed by atoms with Gasteiger partial charge in [0, 0.05) is 5.56 Å². The highest BCUT2D eigenvalue weighted by Crippen LogP contribution is 2.24. The van der Waals surface area contributed by atoms with Crippen LogP contribution in [-0.2, 0) is 11.4 Å². The van der Waals surface area contributed by atoms with Gasteiger partial charge in [-0.2, -0.15) is 5.26 Å². The van der Waals surface area contributed by atoms with Crippen LogP contribution < -0.4 is 10.5 Å². The van der Waals surface area contributed by atoms with Crippen molar-refractivity contribution in [2.24, 2.45) is 5.73 Å². The van der Waals surface area contributed by atoms with Gasteiger partial charge in [-0.05, 0) is 28.5 Å². The number of nitriles is 1. The molecule has 4 heteroatoms. The number of carbonyl (C=O) groups is 1. The van der Waals surface area contributed by atoms with Gasteiger partial charge in [0.15, 0.2) is 0 Å². The molecule has 0 bridgehead atoms. The number of fused-ring (bicyclic) bond motifs is 1. The van der Waals surface area contributed by atoms with E-state index < -0.39 is 5.91 Å². The summed E-state index contributed by atoms with van der Waals surface area (Å²) in [4.78, 5) is 11.3. The van der Waals surface area contributed by atoms with E-state index in [1.165, 1.54) is 6.08 Å². The van der Waals surface area contributed by atoms with Crippen LogP contribution in [0, 0.1) is 11.3 Å². The predicted molar refractivity (Wildman–Crippen MR) is 97.5 cm³/mol. The topological polar surface area (TPSA) is 76.1 Å². The second-order valence-electron chi connectivity index (χ2n) is 5.50. The number of primary amides is 1. The molecule has 2 N–H and O–H groups in total. The SMILES string of the molecule is N#C/C(=C/c1ccccc1OCc1cccc2ccccc12)C(N)=O. The number of carbonyl (C=O) groups excluding carboxylic acids is 1. The molecule has 0 spiro atoms. The van der Waals surface area contributed by atoms with Crippen molar-refractivity contribution in [3.05, 3.63) is 83.4 Å². The van der Waals surface area contributed by atoms with Gasteiger partial charge in [0.05, 0.1) is 0 Å². The number of ether oxygens (including phenoxy) is 1. The lowest BCUT2D eigenvalue weighted by molar-refractivity contribution is -0.114. The first-order chi connectivity index (χ1) is 12.2. The van der Waals surface area contributed by atoms with Crippen molar-refractivity contribution in [2.45, 2.75) is 6.61 Å². The van der Waals surface area contributed by atoms with E-state index in [9.17, 15) is 4.79 Å². The van der Waals surface area contributed by atoms with Gasteiger partial charge in [0.25, 0.3) is 5.91 Å². The minimum Gasteiger partial charge on any atom is -0.488 e. The summed E-state index contributed by atoms with van der Waals surface area (Å²) in [5.74, 6) is -0.171. The highest BCUT2D eigenvalue weighted by molar-refractivity contribution is 6.00. The molecule has 0 radical (unpaired) electrons. The average molecular weight is 328 g/mol. The largest absolute Gasteiger partial charge is 0.488 e. The van der Waals surface area contributed by atoms with E-state index in [2.05, 4.69) is 18.2 Å². The number of hydrogen-bond acceptors (Lipinski definition) is 3. The molecule has 0 aliphatic rings. The molecule has 0 fully saturated rings. The number of nitrogens with two attached hydrogens (primary N) is 1. The molecule has 0 saturated carbocycles. The molecule has 0 saturated heterocycles. The van der Waals surface area contributed by atoms with Crippen LogP contribution in [0.4, 0.5) is 0 Å². The predicted octanol–water partition coefficient (Wildman–Crippen LogP) is 3.81. The van der Waals surface area contributed by atoms with E-state index in [-0.39, 0.29) is 5.57 Å². The molecule has 0 heterocycles. The van der Waals surface area contributed by atoms with E-state index in [1.807, 2.05) is 36.4 Å². The van der Waals surface area contributed by atoms with Crippen LogP contribution in [0.15, 0.2) is 72.3 Å². The lowest BCUT2D eigenvalue weighted by Gasteiger charge is -2.11. The van der Waals surface area contributed by atoms with E-state index >= 15 is 0 Å². The first-order valence-electron chi connectivity index (χ1n) is 7.79. The zero-order valence-electron chi connectivity index (χ0n) is 13.5. The Morgan fingerprint density at radius 2 is 1.76 bits per heavy atom. The third-order valence-corrected chi connectivity index (χ3v) is 3.87. The Morgan fingerprint density at radius 1 is 1.04 bits per heavy atom. The molecule has 3 aromatic rings. The number of hydrogen-bond donors (Lipinski definition) is 1. The van der Waals surface area contributed by atoms with Crippen LogP contribution in [0.2, 0.25) is 0 Å². The summed E-state index contributed by atoms with van der Waals surface area (Å²) in [5.41, 5.74) is 6.79. The molecular weight excluding hydrogens is 312 g/mol. The lowest BCUT2D eigenvalue weighted by atomic mass is 10.1. The third kappa shape index (κ3) is 3.67. The van der Waals surface area contributed by atoms with Gasteiger partial charge in [0.1, 0.15) is 24.0 Å². The number of rotatable bonds is 5. The van der Waals surface area contributed by atoms with Crippen molar-refractivity contribution in [1.82, 2.24) is 0 Å². The van der Waals surface area contributed by atoms with Gasteiger partial charge in [-0.3, -0.25) is 4.79 Å². The molecule has 0 atom stereocenters. The number of amides is 1. The second-order valence-corrected chi connectivity index (χ2v) is 5.50.